The second-order valence-corrected chi connectivity index (χ2v) is 7.02. The SMILES string of the molecule is N#Cc1cc(NC(=O)c2cnn(-c3cncc4ncccc34)c2C(F)(F)F)cnc1-n1nccn1. The molecule has 0 fully saturated rings. The van der Waals surface area contributed by atoms with Crippen LogP contribution in [0.3, 0.4) is 0 Å². The highest BCUT2D eigenvalue weighted by molar-refractivity contribution is 6.05. The number of hydrogen-bond acceptors (Lipinski definition) is 8. The number of nitrogens with zero attached hydrogens (tertiary/aromatic N) is 9. The summed E-state index contributed by atoms with van der Waals surface area (Å²) in [5.41, 5.74) is -1.65. The molecule has 35 heavy (non-hydrogen) atoms. The standard InChI is InChI=1S/C21H11F3N10O/c22-21(23,24)18-15(9-31-33(18)17-11-26-10-16-14(17)2-1-3-27-16)20(35)32-13-6-12(7-25)19(28-8-13)34-29-4-5-30-34/h1-6,8-11H,(H,32,35). The predicted molar refractivity (Wildman–Crippen MR) is 113 cm³/mol. The molecular weight excluding hydrogens is 465 g/mol. The van der Waals surface area contributed by atoms with Gasteiger partial charge >= 0.3 is 6.18 Å². The minimum Gasteiger partial charge on any atom is -0.320 e. The summed E-state index contributed by atoms with van der Waals surface area (Å²) in [5, 5.41) is 23.7. The molecule has 0 unspecified atom stereocenters. The van der Waals surface area contributed by atoms with Crippen LogP contribution in [-0.2, 0) is 6.18 Å². The molecule has 5 rings (SSSR count). The normalized spacial score (nSPS) is 11.4. The zero-order valence-electron chi connectivity index (χ0n) is 17.3. The van der Waals surface area contributed by atoms with Crippen molar-refractivity contribution in [2.24, 2.45) is 0 Å². The average molecular weight is 476 g/mol. The van der Waals surface area contributed by atoms with Crippen LogP contribution in [0.25, 0.3) is 22.4 Å². The van der Waals surface area contributed by atoms with E-state index < -0.39 is 23.3 Å². The summed E-state index contributed by atoms with van der Waals surface area (Å²) in [4.78, 5) is 26.0. The number of pyridine rings is 3. The van der Waals surface area contributed by atoms with Gasteiger partial charge in [0.2, 0.25) is 0 Å². The summed E-state index contributed by atoms with van der Waals surface area (Å²) in [5.74, 6) is -0.998. The summed E-state index contributed by atoms with van der Waals surface area (Å²) < 4.78 is 42.9. The van der Waals surface area contributed by atoms with Crippen LogP contribution in [0, 0.1) is 11.3 Å². The van der Waals surface area contributed by atoms with Crippen LogP contribution in [-0.4, -0.2) is 45.6 Å². The number of nitrogens with one attached hydrogen (secondary N) is 1. The van der Waals surface area contributed by atoms with Crippen molar-refractivity contribution in [1.29, 1.82) is 5.26 Å². The molecule has 0 aliphatic rings. The lowest BCUT2D eigenvalue weighted by Crippen LogP contribution is -2.21. The Hall–Kier alpha value is -5.19. The highest BCUT2D eigenvalue weighted by atomic mass is 19.4. The van der Waals surface area contributed by atoms with Crippen LogP contribution in [0.5, 0.6) is 0 Å². The maximum Gasteiger partial charge on any atom is 0.434 e. The fourth-order valence-corrected chi connectivity index (χ4v) is 3.41. The Balaban J connectivity index is 1.54. The number of alkyl halides is 3. The van der Waals surface area contributed by atoms with Crippen LogP contribution < -0.4 is 5.32 Å². The molecule has 5 heterocycles. The molecule has 1 amide bonds. The van der Waals surface area contributed by atoms with Crippen LogP contribution in [0.1, 0.15) is 21.6 Å². The molecule has 0 saturated carbocycles. The van der Waals surface area contributed by atoms with Crippen molar-refractivity contribution in [2.75, 3.05) is 5.32 Å². The molecule has 1 N–H and O–H groups in total. The summed E-state index contributed by atoms with van der Waals surface area (Å²) in [7, 11) is 0. The largest absolute Gasteiger partial charge is 0.434 e. The van der Waals surface area contributed by atoms with Crippen molar-refractivity contribution < 1.29 is 18.0 Å². The maximum absolute atomic E-state index is 14.1. The van der Waals surface area contributed by atoms with E-state index in [1.165, 1.54) is 43.2 Å². The Labute approximate surface area is 193 Å². The second-order valence-electron chi connectivity index (χ2n) is 7.02. The third-order valence-corrected chi connectivity index (χ3v) is 4.87. The van der Waals surface area contributed by atoms with Crippen LogP contribution >= 0.6 is 0 Å². The van der Waals surface area contributed by atoms with E-state index in [2.05, 4.69) is 35.6 Å². The summed E-state index contributed by atoms with van der Waals surface area (Å²) in [6.45, 7) is 0. The number of aromatic nitrogens is 8. The lowest BCUT2D eigenvalue weighted by atomic mass is 10.2. The van der Waals surface area contributed by atoms with Crippen LogP contribution in [0.2, 0.25) is 0 Å². The Morgan fingerprint density at radius 2 is 1.83 bits per heavy atom. The zero-order valence-corrected chi connectivity index (χ0v) is 17.3. The molecule has 0 aromatic carbocycles. The van der Waals surface area contributed by atoms with E-state index in [0.29, 0.717) is 15.6 Å². The summed E-state index contributed by atoms with van der Waals surface area (Å²) in [6.07, 6.45) is 3.93. The smallest absolute Gasteiger partial charge is 0.320 e. The predicted octanol–water partition coefficient (Wildman–Crippen LogP) is 2.93. The Bertz CT molecular complexity index is 1600. The fraction of sp³-hybridized carbons (Fsp3) is 0.0476. The van der Waals surface area contributed by atoms with Gasteiger partial charge in [0.25, 0.3) is 5.91 Å². The third-order valence-electron chi connectivity index (χ3n) is 4.87. The molecule has 5 aromatic heterocycles. The zero-order chi connectivity index (χ0) is 24.6. The van der Waals surface area contributed by atoms with Gasteiger partial charge in [0.15, 0.2) is 11.5 Å². The van der Waals surface area contributed by atoms with E-state index in [0.717, 1.165) is 11.0 Å². The topological polar surface area (TPSA) is 140 Å². The average Bonchev–Trinajstić information content (AvgIpc) is 3.54. The van der Waals surface area contributed by atoms with E-state index in [4.69, 9.17) is 0 Å². The number of hydrogen-bond donors (Lipinski definition) is 1. The Kier molecular flexibility index (Phi) is 5.13. The van der Waals surface area contributed by atoms with Crippen LogP contribution in [0.15, 0.2) is 61.6 Å². The van der Waals surface area contributed by atoms with Crippen molar-refractivity contribution in [3.63, 3.8) is 0 Å². The van der Waals surface area contributed by atoms with Crippen molar-refractivity contribution in [1.82, 2.24) is 39.7 Å². The molecule has 14 heteroatoms. The molecule has 0 saturated heterocycles. The highest BCUT2D eigenvalue weighted by Gasteiger charge is 2.41. The fourth-order valence-electron chi connectivity index (χ4n) is 3.41. The molecule has 0 atom stereocenters. The number of anilines is 1. The maximum atomic E-state index is 14.1. The summed E-state index contributed by atoms with van der Waals surface area (Å²) in [6, 6.07) is 6.29. The molecular formula is C21H11F3N10O. The number of amides is 1. The van der Waals surface area contributed by atoms with Gasteiger partial charge in [0.05, 0.1) is 59.6 Å². The minimum absolute atomic E-state index is 0.0000646. The quantitative estimate of drug-likeness (QED) is 0.418. The van der Waals surface area contributed by atoms with Gasteiger partial charge in [-0.2, -0.15) is 33.7 Å². The monoisotopic (exact) mass is 476 g/mol. The number of carbonyl (C=O) groups excluding carboxylic acids is 1. The highest BCUT2D eigenvalue weighted by Crippen LogP contribution is 2.35. The molecule has 0 aliphatic heterocycles. The van der Waals surface area contributed by atoms with Gasteiger partial charge in [-0.05, 0) is 18.2 Å². The number of halogens is 3. The molecule has 11 nitrogen and oxygen atoms in total. The van der Waals surface area contributed by atoms with Gasteiger partial charge in [-0.25, -0.2) is 9.67 Å². The van der Waals surface area contributed by atoms with Gasteiger partial charge in [0, 0.05) is 11.6 Å². The van der Waals surface area contributed by atoms with Gasteiger partial charge in [-0.1, -0.05) is 0 Å². The van der Waals surface area contributed by atoms with Crippen molar-refractivity contribution in [3.8, 4) is 17.6 Å². The number of rotatable bonds is 4. The minimum atomic E-state index is -4.93. The third kappa shape index (κ3) is 3.91. The first-order valence-corrected chi connectivity index (χ1v) is 9.79. The van der Waals surface area contributed by atoms with Gasteiger partial charge < -0.3 is 5.32 Å². The molecule has 172 valence electrons. The lowest BCUT2D eigenvalue weighted by Gasteiger charge is -2.14. The number of fused-ring (bicyclic) bond motifs is 1. The van der Waals surface area contributed by atoms with E-state index in [-0.39, 0.29) is 22.8 Å². The first-order chi connectivity index (χ1) is 16.9. The number of carbonyl (C=O) groups is 1. The first-order valence-electron chi connectivity index (χ1n) is 9.79. The lowest BCUT2D eigenvalue weighted by molar-refractivity contribution is -0.143. The van der Waals surface area contributed by atoms with Crippen LogP contribution in [0.4, 0.5) is 18.9 Å². The molecule has 0 bridgehead atoms. The molecule has 0 spiro atoms. The van der Waals surface area contributed by atoms with Crippen molar-refractivity contribution >= 4 is 22.5 Å². The Morgan fingerprint density at radius 1 is 1.03 bits per heavy atom. The molecule has 0 radical (unpaired) electrons. The van der Waals surface area contributed by atoms with E-state index in [1.807, 2.05) is 6.07 Å². The van der Waals surface area contributed by atoms with Crippen molar-refractivity contribution in [3.05, 3.63) is 78.4 Å². The summed E-state index contributed by atoms with van der Waals surface area (Å²) >= 11 is 0. The first kappa shape index (κ1) is 21.6. The molecule has 0 aliphatic carbocycles. The Morgan fingerprint density at radius 3 is 2.57 bits per heavy atom. The van der Waals surface area contributed by atoms with Crippen molar-refractivity contribution in [2.45, 2.75) is 6.18 Å². The number of nitriles is 1. The van der Waals surface area contributed by atoms with E-state index in [1.54, 1.807) is 12.1 Å². The van der Waals surface area contributed by atoms with Gasteiger partial charge in [0.1, 0.15) is 11.6 Å². The van der Waals surface area contributed by atoms with Gasteiger partial charge in [-0.3, -0.25) is 14.8 Å². The second kappa shape index (κ2) is 8.30. The van der Waals surface area contributed by atoms with E-state index in [9.17, 15) is 23.2 Å². The van der Waals surface area contributed by atoms with Gasteiger partial charge in [-0.15, -0.1) is 4.80 Å². The molecule has 5 aromatic rings. The van der Waals surface area contributed by atoms with E-state index >= 15 is 0 Å².